The molecule has 88 heavy (non-hydrogen) atoms. The van der Waals surface area contributed by atoms with E-state index in [4.69, 9.17) is 5.11 Å². The van der Waals surface area contributed by atoms with E-state index in [1.807, 2.05) is 97.6 Å². The van der Waals surface area contributed by atoms with Crippen molar-refractivity contribution in [1.29, 1.82) is 0 Å². The number of imidazole rings is 2. The van der Waals surface area contributed by atoms with E-state index in [1.54, 1.807) is 0 Å². The number of ether oxygens (including phenoxy) is 2. The smallest absolute Gasteiger partial charge is 0.545 e. The maximum atomic E-state index is 10.8. The molecule has 436 valence electrons. The molecule has 20 nitrogen and oxygen atoms in total. The largest absolute Gasteiger partial charge is 1.00 e. The third kappa shape index (κ3) is 14.5. The summed E-state index contributed by atoms with van der Waals surface area (Å²) in [5.41, 5.74) is 14.4. The van der Waals surface area contributed by atoms with Gasteiger partial charge >= 0.3 is 44.9 Å². The molecule has 0 fully saturated rings. The molecule has 4 aromatic carbocycles. The van der Waals surface area contributed by atoms with Crippen molar-refractivity contribution in [1.82, 2.24) is 59.8 Å². The second-order valence-corrected chi connectivity index (χ2v) is 18.8. The van der Waals surface area contributed by atoms with Crippen molar-refractivity contribution in [2.75, 3.05) is 0 Å². The Bertz CT molecular complexity index is 4340. The standard InChI is InChI=1S/C14H8N4.2C14H12N2.2C12H8N2O4.2Ru/c1-2-6-10-9(5-1)15-13(16-10)14-17-11-7-3-4-8-12(11)18-14;2*1-9-10(2)12-6-4-8-16-14(12)13-11(9)5-3-7-15-13;2*15-7-18-9-2-4-14-11(6-9)10-5-8(12(16)17)1-3-13-10;;/h1-8H;2*3-8H,1-2H3;2*1-7H,(H,16,17);;/q-2;;;;;2*+1/p-1. The van der Waals surface area contributed by atoms with Crippen LogP contribution in [-0.4, -0.2) is 79.8 Å². The van der Waals surface area contributed by atoms with Gasteiger partial charge in [0.15, 0.2) is 0 Å². The molecule has 0 unspecified atom stereocenters. The van der Waals surface area contributed by atoms with Crippen LogP contribution in [0.1, 0.15) is 43.0 Å². The molecule has 2 radical (unpaired) electrons. The summed E-state index contributed by atoms with van der Waals surface area (Å²) in [6.45, 7) is 9.18. The number of carbonyl (C=O) groups is 4. The van der Waals surface area contributed by atoms with Crippen molar-refractivity contribution in [3.63, 3.8) is 0 Å². The van der Waals surface area contributed by atoms with Crippen LogP contribution in [0.5, 0.6) is 11.5 Å². The van der Waals surface area contributed by atoms with E-state index in [0.29, 0.717) is 58.9 Å². The number of fused-ring (bicyclic) bond motifs is 8. The van der Waals surface area contributed by atoms with Gasteiger partial charge in [0.2, 0.25) is 0 Å². The van der Waals surface area contributed by atoms with Crippen LogP contribution < -0.4 is 24.5 Å². The predicted molar refractivity (Wildman–Crippen MR) is 322 cm³/mol. The van der Waals surface area contributed by atoms with Gasteiger partial charge in [-0.1, -0.05) is 84.4 Å². The molecular weight excluding hydrogens is 1290 g/mol. The Morgan fingerprint density at radius 3 is 1.09 bits per heavy atom. The Kier molecular flexibility index (Phi) is 21.1. The molecule has 1 N–H and O–H groups in total. The number of carboxylic acid groups (broad SMARTS) is 2. The average Bonchev–Trinajstić information content (AvgIpc) is 2.16. The number of para-hydroxylation sites is 4. The molecule has 22 heteroatoms. The maximum absolute atomic E-state index is 10.8. The molecule has 0 spiro atoms. The molecule has 0 aliphatic carbocycles. The van der Waals surface area contributed by atoms with Gasteiger partial charge in [0.25, 0.3) is 12.9 Å². The molecule has 10 heterocycles. The Hall–Kier alpha value is -10.8. The van der Waals surface area contributed by atoms with E-state index in [0.717, 1.165) is 44.1 Å². The Morgan fingerprint density at radius 1 is 0.420 bits per heavy atom. The number of pyridine rings is 8. The molecule has 0 atom stereocenters. The number of aryl methyl sites for hydroxylation is 4. The summed E-state index contributed by atoms with van der Waals surface area (Å²) in [4.78, 5) is 93.7. The SMILES string of the molecule is Cc1c(C)c2cccnc2c2ncccc12.Cc1c(C)c2cccnc2c2ncccc12.O=COc1ccnc(-c2cc(C(=O)O)ccn2)c1.O=COc1ccnc(-c2cc(C(=O)[O-])ccn2)c1.[Ru+].[Ru+].c1ccc2[n-]c(-c3nc4ccccc4[n-]3)nc2c1. The first kappa shape index (κ1) is 63.2. The minimum Gasteiger partial charge on any atom is -0.545 e. The summed E-state index contributed by atoms with van der Waals surface area (Å²) in [5.74, 6) is -0.536. The summed E-state index contributed by atoms with van der Waals surface area (Å²) in [6.07, 6.45) is 12.9. The van der Waals surface area contributed by atoms with Gasteiger partial charge in [-0.3, -0.25) is 49.5 Å². The molecule has 0 bridgehead atoms. The van der Waals surface area contributed by atoms with Crippen LogP contribution in [0.4, 0.5) is 0 Å². The zero-order chi connectivity index (χ0) is 60.1. The fourth-order valence-electron chi connectivity index (χ4n) is 9.17. The van der Waals surface area contributed by atoms with Crippen LogP contribution >= 0.6 is 0 Å². The van der Waals surface area contributed by atoms with Crippen molar-refractivity contribution in [2.24, 2.45) is 0 Å². The minimum atomic E-state index is -1.29. The van der Waals surface area contributed by atoms with Gasteiger partial charge < -0.3 is 44.4 Å². The van der Waals surface area contributed by atoms with E-state index in [-0.39, 0.29) is 50.1 Å². The fourth-order valence-corrected chi connectivity index (χ4v) is 9.17. The van der Waals surface area contributed by atoms with E-state index < -0.39 is 11.9 Å². The van der Waals surface area contributed by atoms with Gasteiger partial charge in [-0.2, -0.15) is 0 Å². The van der Waals surface area contributed by atoms with Gasteiger partial charge in [0.05, 0.1) is 56.4 Å². The van der Waals surface area contributed by atoms with Crippen molar-refractivity contribution in [2.45, 2.75) is 27.7 Å². The van der Waals surface area contributed by atoms with Gasteiger partial charge in [0, 0.05) is 88.8 Å². The van der Waals surface area contributed by atoms with Crippen LogP contribution in [0.15, 0.2) is 195 Å². The number of benzene rings is 4. The first-order valence-corrected chi connectivity index (χ1v) is 26.4. The summed E-state index contributed by atoms with van der Waals surface area (Å²) < 4.78 is 9.35. The Morgan fingerprint density at radius 2 is 0.750 bits per heavy atom. The van der Waals surface area contributed by atoms with Crippen LogP contribution in [0.25, 0.3) is 100 Å². The minimum absolute atomic E-state index is 0. The van der Waals surface area contributed by atoms with E-state index in [1.165, 1.54) is 117 Å². The Balaban J connectivity index is 0.000000142. The first-order chi connectivity index (χ1) is 41.9. The summed E-state index contributed by atoms with van der Waals surface area (Å²) in [5, 5.41) is 24.4. The molecule has 0 saturated heterocycles. The number of hydrogen-bond donors (Lipinski definition) is 1. The van der Waals surface area contributed by atoms with E-state index >= 15 is 0 Å². The van der Waals surface area contributed by atoms with Gasteiger partial charge in [-0.25, -0.2) is 4.79 Å². The van der Waals surface area contributed by atoms with Crippen molar-refractivity contribution in [3.8, 4) is 45.9 Å². The molecule has 0 saturated carbocycles. The number of carboxylic acids is 2. The third-order valence-corrected chi connectivity index (χ3v) is 13.6. The van der Waals surface area contributed by atoms with Gasteiger partial charge in [-0.15, -0.1) is 0 Å². The molecule has 14 aromatic rings. The monoisotopic (exact) mass is 1340 g/mol. The van der Waals surface area contributed by atoms with Crippen LogP contribution in [0.3, 0.4) is 0 Å². The van der Waals surface area contributed by atoms with Crippen LogP contribution in [0.2, 0.25) is 0 Å². The first-order valence-electron chi connectivity index (χ1n) is 26.4. The van der Waals surface area contributed by atoms with Gasteiger partial charge in [-0.05, 0) is 133 Å². The number of carbonyl (C=O) groups excluding carboxylic acids is 3. The molecule has 14 rings (SSSR count). The number of nitrogens with zero attached hydrogens (tertiary/aromatic N) is 12. The normalized spacial score (nSPS) is 10.4. The second-order valence-electron chi connectivity index (χ2n) is 18.8. The van der Waals surface area contributed by atoms with Crippen LogP contribution in [-0.2, 0) is 48.5 Å². The number of aromatic carboxylic acids is 2. The topological polar surface area (TPSA) is 287 Å². The summed E-state index contributed by atoms with van der Waals surface area (Å²) in [7, 11) is 0. The Labute approximate surface area is 527 Å². The average molecular weight is 1340 g/mol. The molecule has 10 aromatic heterocycles. The molecular formula is C66H47N12O8Ru2-. The zero-order valence-corrected chi connectivity index (χ0v) is 50.5. The predicted octanol–water partition coefficient (Wildman–Crippen LogP) is 10.6. The van der Waals surface area contributed by atoms with E-state index in [2.05, 4.69) is 121 Å². The molecule has 0 aliphatic heterocycles. The number of aromatic nitrogens is 12. The zero-order valence-electron chi connectivity index (χ0n) is 47.0. The quantitative estimate of drug-likeness (QED) is 0.0798. The van der Waals surface area contributed by atoms with Crippen LogP contribution in [0, 0.1) is 27.7 Å². The molecule has 0 amide bonds. The number of rotatable bonds is 9. The maximum Gasteiger partial charge on any atom is 1.00 e. The summed E-state index contributed by atoms with van der Waals surface area (Å²) in [6, 6.07) is 43.3. The van der Waals surface area contributed by atoms with Crippen molar-refractivity contribution < 1.29 is 77.8 Å². The van der Waals surface area contributed by atoms with E-state index in [9.17, 15) is 24.3 Å². The fraction of sp³-hybridized carbons (Fsp3) is 0.0606. The van der Waals surface area contributed by atoms with Gasteiger partial charge in [0.1, 0.15) is 11.5 Å². The molecule has 0 aliphatic rings. The number of hydrogen-bond acceptors (Lipinski definition) is 17. The third-order valence-electron chi connectivity index (χ3n) is 13.6. The second kappa shape index (κ2) is 29.3. The van der Waals surface area contributed by atoms with Crippen molar-refractivity contribution >= 4 is 90.6 Å². The van der Waals surface area contributed by atoms with Crippen molar-refractivity contribution in [3.05, 3.63) is 229 Å². The summed E-state index contributed by atoms with van der Waals surface area (Å²) >= 11 is 0.